The summed E-state index contributed by atoms with van der Waals surface area (Å²) in [5.74, 6) is -2.95. The summed E-state index contributed by atoms with van der Waals surface area (Å²) in [7, 11) is 0. The van der Waals surface area contributed by atoms with Gasteiger partial charge in [-0.05, 0) is 50.1 Å². The number of hydrogen-bond acceptors (Lipinski definition) is 6. The number of hydrogen-bond donors (Lipinski definition) is 3. The molecule has 0 saturated carbocycles. The number of nitrogens with two attached hydrogens (primary N) is 2. The van der Waals surface area contributed by atoms with E-state index < -0.39 is 23.8 Å². The van der Waals surface area contributed by atoms with Gasteiger partial charge in [0.2, 0.25) is 5.91 Å². The fourth-order valence-corrected chi connectivity index (χ4v) is 3.23. The Labute approximate surface area is 152 Å². The van der Waals surface area contributed by atoms with E-state index in [2.05, 4.69) is 0 Å². The highest BCUT2D eigenvalue weighted by Crippen LogP contribution is 2.31. The van der Waals surface area contributed by atoms with Crippen LogP contribution in [0.5, 0.6) is 0 Å². The molecular formula is C18H24N4O4. The third kappa shape index (κ3) is 4.45. The van der Waals surface area contributed by atoms with Crippen molar-refractivity contribution >= 4 is 29.4 Å². The normalized spacial score (nSPS) is 18.3. The van der Waals surface area contributed by atoms with Gasteiger partial charge >= 0.3 is 11.9 Å². The fourth-order valence-electron chi connectivity index (χ4n) is 3.23. The molecule has 0 bridgehead atoms. The zero-order valence-corrected chi connectivity index (χ0v) is 14.7. The molecule has 0 radical (unpaired) electrons. The molecule has 1 aliphatic rings. The van der Waals surface area contributed by atoms with Crippen LogP contribution in [0.2, 0.25) is 0 Å². The second-order valence-corrected chi connectivity index (χ2v) is 6.30. The van der Waals surface area contributed by atoms with Crippen molar-refractivity contribution < 1.29 is 19.1 Å². The molecule has 1 amide bonds. The van der Waals surface area contributed by atoms with Crippen LogP contribution in [0.1, 0.15) is 31.7 Å². The first-order valence-corrected chi connectivity index (χ1v) is 8.53. The van der Waals surface area contributed by atoms with Crippen molar-refractivity contribution in [3.8, 4) is 0 Å². The number of nitrogens with one attached hydrogen (secondary N) is 1. The lowest BCUT2D eigenvalue weighted by atomic mass is 9.82. The highest BCUT2D eigenvalue weighted by molar-refractivity contribution is 6.00. The van der Waals surface area contributed by atoms with Crippen molar-refractivity contribution in [3.63, 3.8) is 0 Å². The van der Waals surface area contributed by atoms with E-state index in [0.29, 0.717) is 24.2 Å². The molecule has 1 aromatic rings. The first-order valence-electron chi connectivity index (χ1n) is 8.53. The maximum absolute atomic E-state index is 13.0. The average molecular weight is 360 g/mol. The molecule has 8 heteroatoms. The Bertz CT molecular complexity index is 702. The minimum Gasteiger partial charge on any atom is -0.393 e. The number of nitrogens with zero attached hydrogens (tertiary/aromatic N) is 1. The minimum absolute atomic E-state index is 0.0469. The SMILES string of the molecule is CC(=O)OC(=O)C(CCN)C1CCCN(c2ccc(C(=N)N)cc2)C1=O. The number of carbonyl (C=O) groups is 3. The maximum atomic E-state index is 13.0. The first kappa shape index (κ1) is 19.6. The van der Waals surface area contributed by atoms with Crippen LogP contribution >= 0.6 is 0 Å². The van der Waals surface area contributed by atoms with Gasteiger partial charge in [0.15, 0.2) is 0 Å². The van der Waals surface area contributed by atoms with Gasteiger partial charge in [0.05, 0.1) is 11.8 Å². The smallest absolute Gasteiger partial charge is 0.317 e. The van der Waals surface area contributed by atoms with Gasteiger partial charge in [0, 0.05) is 24.7 Å². The number of carbonyl (C=O) groups excluding carboxylic acids is 3. The number of rotatable bonds is 6. The van der Waals surface area contributed by atoms with Crippen LogP contribution in [0, 0.1) is 17.2 Å². The topological polar surface area (TPSA) is 140 Å². The number of piperidine rings is 1. The van der Waals surface area contributed by atoms with Crippen molar-refractivity contribution in [2.75, 3.05) is 18.0 Å². The lowest BCUT2D eigenvalue weighted by Crippen LogP contribution is -2.46. The zero-order valence-electron chi connectivity index (χ0n) is 14.7. The van der Waals surface area contributed by atoms with Crippen molar-refractivity contribution in [3.05, 3.63) is 29.8 Å². The Balaban J connectivity index is 2.22. The number of anilines is 1. The van der Waals surface area contributed by atoms with Gasteiger partial charge in [-0.25, -0.2) is 0 Å². The molecule has 0 aliphatic carbocycles. The number of ether oxygens (including phenoxy) is 1. The van der Waals surface area contributed by atoms with E-state index in [1.807, 2.05) is 0 Å². The van der Waals surface area contributed by atoms with Crippen LogP contribution in [0.25, 0.3) is 0 Å². The summed E-state index contributed by atoms with van der Waals surface area (Å²) in [6, 6.07) is 6.80. The van der Waals surface area contributed by atoms with Crippen molar-refractivity contribution in [1.29, 1.82) is 5.41 Å². The average Bonchev–Trinajstić information content (AvgIpc) is 2.59. The minimum atomic E-state index is -0.740. The molecule has 26 heavy (non-hydrogen) atoms. The molecule has 1 fully saturated rings. The highest BCUT2D eigenvalue weighted by Gasteiger charge is 2.39. The summed E-state index contributed by atoms with van der Waals surface area (Å²) in [6.07, 6.45) is 1.54. The molecule has 140 valence electrons. The molecule has 2 unspecified atom stereocenters. The van der Waals surface area contributed by atoms with Gasteiger partial charge in [0.25, 0.3) is 0 Å². The third-order valence-electron chi connectivity index (χ3n) is 4.48. The molecule has 0 aromatic heterocycles. The molecule has 8 nitrogen and oxygen atoms in total. The summed E-state index contributed by atoms with van der Waals surface area (Å²) >= 11 is 0. The number of amides is 1. The highest BCUT2D eigenvalue weighted by atomic mass is 16.6. The molecule has 2 rings (SSSR count). The summed E-state index contributed by atoms with van der Waals surface area (Å²) in [6.45, 7) is 1.91. The second-order valence-electron chi connectivity index (χ2n) is 6.30. The number of benzene rings is 1. The molecule has 0 spiro atoms. The number of amidine groups is 1. The molecule has 1 aromatic carbocycles. The van der Waals surface area contributed by atoms with Crippen LogP contribution in [-0.2, 0) is 19.1 Å². The maximum Gasteiger partial charge on any atom is 0.317 e. The van der Waals surface area contributed by atoms with E-state index in [9.17, 15) is 14.4 Å². The Morgan fingerprint density at radius 2 is 2.00 bits per heavy atom. The summed E-state index contributed by atoms with van der Waals surface area (Å²) in [5, 5.41) is 7.43. The quantitative estimate of drug-likeness (QED) is 0.296. The molecule has 1 saturated heterocycles. The number of nitrogen functional groups attached to an aromatic ring is 1. The van der Waals surface area contributed by atoms with Gasteiger partial charge in [-0.1, -0.05) is 0 Å². The molecule has 1 heterocycles. The predicted octanol–water partition coefficient (Wildman–Crippen LogP) is 0.768. The monoisotopic (exact) mass is 360 g/mol. The Kier molecular flexibility index (Phi) is 6.46. The van der Waals surface area contributed by atoms with E-state index >= 15 is 0 Å². The van der Waals surface area contributed by atoms with Gasteiger partial charge in [0.1, 0.15) is 5.84 Å². The van der Waals surface area contributed by atoms with Gasteiger partial charge in [-0.3, -0.25) is 19.8 Å². The largest absolute Gasteiger partial charge is 0.393 e. The molecule has 2 atom stereocenters. The zero-order chi connectivity index (χ0) is 19.3. The second kappa shape index (κ2) is 8.57. The van der Waals surface area contributed by atoms with Crippen molar-refractivity contribution in [1.82, 2.24) is 0 Å². The van der Waals surface area contributed by atoms with E-state index in [1.165, 1.54) is 0 Å². The van der Waals surface area contributed by atoms with E-state index in [0.717, 1.165) is 13.3 Å². The van der Waals surface area contributed by atoms with Gasteiger partial charge < -0.3 is 21.1 Å². The van der Waals surface area contributed by atoms with E-state index in [-0.39, 0.29) is 24.7 Å². The van der Waals surface area contributed by atoms with Crippen molar-refractivity contribution in [2.24, 2.45) is 23.3 Å². The summed E-state index contributed by atoms with van der Waals surface area (Å²) in [5.41, 5.74) is 12.3. The molecule has 5 N–H and O–H groups in total. The standard InChI is InChI=1S/C18H24N4O4/c1-11(23)26-18(25)15(8-9-19)14-3-2-10-22(17(14)24)13-6-4-12(5-7-13)16(20)21/h4-7,14-15H,2-3,8-10,19H2,1H3,(H3,20,21). The molecule has 1 aliphatic heterocycles. The van der Waals surface area contributed by atoms with Crippen molar-refractivity contribution in [2.45, 2.75) is 26.2 Å². The predicted molar refractivity (Wildman–Crippen MR) is 96.5 cm³/mol. The Morgan fingerprint density at radius 3 is 2.54 bits per heavy atom. The third-order valence-corrected chi connectivity index (χ3v) is 4.48. The summed E-state index contributed by atoms with van der Waals surface area (Å²) < 4.78 is 4.71. The van der Waals surface area contributed by atoms with Crippen LogP contribution in [-0.4, -0.2) is 36.8 Å². The van der Waals surface area contributed by atoms with Crippen LogP contribution in [0.4, 0.5) is 5.69 Å². The Morgan fingerprint density at radius 1 is 1.35 bits per heavy atom. The Hall–Kier alpha value is -2.74. The van der Waals surface area contributed by atoms with E-state index in [4.69, 9.17) is 21.6 Å². The van der Waals surface area contributed by atoms with Crippen LogP contribution in [0.15, 0.2) is 24.3 Å². The van der Waals surface area contributed by atoms with Gasteiger partial charge in [-0.2, -0.15) is 0 Å². The molecular weight excluding hydrogens is 336 g/mol. The lowest BCUT2D eigenvalue weighted by molar-refractivity contribution is -0.164. The van der Waals surface area contributed by atoms with Crippen LogP contribution < -0.4 is 16.4 Å². The fraction of sp³-hybridized carbons (Fsp3) is 0.444. The lowest BCUT2D eigenvalue weighted by Gasteiger charge is -2.35. The first-order chi connectivity index (χ1) is 12.3. The van der Waals surface area contributed by atoms with Crippen LogP contribution in [0.3, 0.4) is 0 Å². The van der Waals surface area contributed by atoms with E-state index in [1.54, 1.807) is 29.2 Å². The number of esters is 2. The summed E-state index contributed by atoms with van der Waals surface area (Å²) in [4.78, 5) is 37.9. The van der Waals surface area contributed by atoms with Gasteiger partial charge in [-0.15, -0.1) is 0 Å².